The van der Waals surface area contributed by atoms with Crippen molar-refractivity contribution in [3.8, 4) is 0 Å². The second kappa shape index (κ2) is 44.5. The van der Waals surface area contributed by atoms with Crippen molar-refractivity contribution < 1.29 is 52.4 Å². The molecule has 0 unspecified atom stereocenters. The largest absolute Gasteiger partial charge is 4.00 e. The Labute approximate surface area is 641 Å². The van der Waals surface area contributed by atoms with Crippen LogP contribution in [0.25, 0.3) is 34.9 Å². The molecule has 8 heterocycles. The van der Waals surface area contributed by atoms with E-state index in [-0.39, 0.29) is 52.4 Å². The second-order valence-electron chi connectivity index (χ2n) is 31.8. The summed E-state index contributed by atoms with van der Waals surface area (Å²) in [6, 6.07) is 32.1. The first-order valence-corrected chi connectivity index (χ1v) is 60.6. The summed E-state index contributed by atoms with van der Waals surface area (Å²) in [5, 5.41) is 0. The molecule has 0 aliphatic carbocycles. The molecule has 26 heteroatoms. The average Bonchev–Trinajstić information content (AvgIpc) is 1.23. The van der Waals surface area contributed by atoms with Gasteiger partial charge in [0.1, 0.15) is 0 Å². The summed E-state index contributed by atoms with van der Waals surface area (Å²) in [6.45, 7) is 69.4. The number of pyridine rings is 8. The van der Waals surface area contributed by atoms with E-state index in [1.807, 2.05) is 147 Å². The predicted molar refractivity (Wildman–Crippen MR) is 441 cm³/mol. The molecule has 528 valence electrons. The SMILES string of the molecule is Cc1cc[n-]/c(=N/[Si](C)(C)C)c1.Cc1ccnc([N-][Si](C)(C)C)c1.Cc1ccnc([N-][Si](C)(C)C)c1.Cc1ccnc([N-][Si](C)(C)C)c1.Cc1ccnc([N-][Si](C)(C)C)c1.Cc1ccnc([N-][Si](C)(C)C)c1.Cc1ccnc([N-][Si](C)(C)C)c1.Cc1ccnc([N-][Si](C)(C)C)c1.[Zr+4].[Zr+4]. The molecule has 0 atom stereocenters. The summed E-state index contributed by atoms with van der Waals surface area (Å²) in [4.78, 5) is 65.6. The van der Waals surface area contributed by atoms with Crippen molar-refractivity contribution in [2.75, 3.05) is 0 Å². The van der Waals surface area contributed by atoms with E-state index in [1.165, 1.54) is 44.5 Å². The first kappa shape index (κ1) is 95.2. The first-order chi connectivity index (χ1) is 43.8. The quantitative estimate of drug-likeness (QED) is 0.0898. The van der Waals surface area contributed by atoms with Gasteiger partial charge in [-0.05, 0) is 55.4 Å². The van der Waals surface area contributed by atoms with Gasteiger partial charge in [0.05, 0.1) is 0 Å². The maximum Gasteiger partial charge on any atom is 4.00 e. The van der Waals surface area contributed by atoms with Crippen molar-refractivity contribution in [3.63, 3.8) is 0 Å². The molecule has 0 aromatic carbocycles. The summed E-state index contributed by atoms with van der Waals surface area (Å²) in [5.41, 5.74) is 10.7. The summed E-state index contributed by atoms with van der Waals surface area (Å²) >= 11 is 0. The molecule has 8 aromatic rings. The van der Waals surface area contributed by atoms with Crippen LogP contribution in [-0.4, -0.2) is 101 Å². The monoisotopic (exact) mass is 1610 g/mol. The molecule has 0 fully saturated rings. The predicted octanol–water partition coefficient (Wildman–Crippen LogP) is 24.3. The zero-order valence-electron chi connectivity index (χ0n) is 66.0. The standard InChI is InChI=1S/8C9H15N2Si.2Zr/c8*1-8-5-6-10-9(7-8)11-12(2,3)4;;/h8*5-7H,1-4H3;;/q8*-1;2*+4. The molecule has 0 bridgehead atoms. The van der Waals surface area contributed by atoms with Crippen LogP contribution in [0.15, 0.2) is 151 Å². The third-order valence-electron chi connectivity index (χ3n) is 10.8. The van der Waals surface area contributed by atoms with Gasteiger partial charge in [-0.3, -0.25) is 0 Å². The van der Waals surface area contributed by atoms with Gasteiger partial charge in [-0.1, -0.05) is 394 Å². The van der Waals surface area contributed by atoms with Gasteiger partial charge in [-0.2, -0.15) is 0 Å². The number of aromatic nitrogens is 8. The molecule has 0 aliphatic rings. The van der Waals surface area contributed by atoms with E-state index in [1.54, 1.807) is 0 Å². The Bertz CT molecular complexity index is 3040. The average molecular weight is 1620 g/mol. The number of hydrogen-bond donors (Lipinski definition) is 0. The molecular weight excluding hydrogens is 1500 g/mol. The number of rotatable bonds is 15. The van der Waals surface area contributed by atoms with E-state index in [4.69, 9.17) is 0 Å². The van der Waals surface area contributed by atoms with Gasteiger partial charge in [-0.25, -0.2) is 0 Å². The summed E-state index contributed by atoms with van der Waals surface area (Å²) in [7, 11) is -10.9. The molecule has 16 nitrogen and oxygen atoms in total. The zero-order valence-corrected chi connectivity index (χ0v) is 78.9. The van der Waals surface area contributed by atoms with Crippen LogP contribution in [0.4, 0.5) is 40.7 Å². The van der Waals surface area contributed by atoms with E-state index >= 15 is 0 Å². The summed E-state index contributed by atoms with van der Waals surface area (Å²) in [5.74, 6) is 6.18. The fourth-order valence-electron chi connectivity index (χ4n) is 7.40. The van der Waals surface area contributed by atoms with Crippen molar-refractivity contribution in [1.29, 1.82) is 0 Å². The van der Waals surface area contributed by atoms with E-state index in [0.29, 0.717) is 0 Å². The smallest absolute Gasteiger partial charge is 0.472 e. The Balaban J connectivity index is 0. The van der Waals surface area contributed by atoms with E-state index < -0.39 is 65.9 Å². The molecular formula is C72H120N16Si8Zr2. The van der Waals surface area contributed by atoms with Crippen LogP contribution in [0.3, 0.4) is 0 Å². The van der Waals surface area contributed by atoms with E-state index in [2.05, 4.69) is 292 Å². The summed E-state index contributed by atoms with van der Waals surface area (Å²) in [6.07, 6.45) is 14.5. The van der Waals surface area contributed by atoms with Crippen molar-refractivity contribution >= 4 is 107 Å². The van der Waals surface area contributed by atoms with Crippen molar-refractivity contribution in [3.05, 3.63) is 232 Å². The van der Waals surface area contributed by atoms with Crippen LogP contribution in [0.2, 0.25) is 157 Å². The Hall–Kier alpha value is -4.90. The molecule has 0 saturated heterocycles. The third-order valence-corrected chi connectivity index (χ3v) is 18.0. The van der Waals surface area contributed by atoms with Crippen LogP contribution < -0.4 is 10.5 Å². The molecule has 0 amide bonds. The molecule has 0 N–H and O–H groups in total. The fourth-order valence-corrected chi connectivity index (χ4v) is 13.9. The molecule has 98 heavy (non-hydrogen) atoms. The maximum absolute atomic E-state index is 4.58. The minimum absolute atomic E-state index is 0. The first-order valence-electron chi connectivity index (χ1n) is 33.0. The minimum Gasteiger partial charge on any atom is -0.472 e. The van der Waals surface area contributed by atoms with Crippen molar-refractivity contribution in [2.24, 2.45) is 4.66 Å². The second-order valence-corrected chi connectivity index (χ2v) is 68.3. The zero-order chi connectivity index (χ0) is 73.5. The summed E-state index contributed by atoms with van der Waals surface area (Å²) < 4.78 is 4.58. The molecule has 0 aliphatic heterocycles. The Morgan fingerprint density at radius 1 is 0.245 bits per heavy atom. The van der Waals surface area contributed by atoms with Crippen LogP contribution in [-0.2, 0) is 52.4 Å². The van der Waals surface area contributed by atoms with Gasteiger partial charge in [0.2, 0.25) is 0 Å². The normalized spacial score (nSPS) is 11.4. The Kier molecular flexibility index (Phi) is 43.2. The minimum atomic E-state index is -1.36. The molecule has 0 radical (unpaired) electrons. The van der Waals surface area contributed by atoms with Crippen molar-refractivity contribution in [1.82, 2.24) is 39.9 Å². The van der Waals surface area contributed by atoms with Crippen LogP contribution >= 0.6 is 0 Å². The van der Waals surface area contributed by atoms with Gasteiger partial charge in [0, 0.05) is 65.9 Å². The van der Waals surface area contributed by atoms with Crippen LogP contribution in [0, 0.1) is 55.4 Å². The van der Waals surface area contributed by atoms with Gasteiger partial charge in [0.15, 0.2) is 0 Å². The van der Waals surface area contributed by atoms with Gasteiger partial charge in [-0.15, -0.1) is 0 Å². The number of nitrogens with zero attached hydrogens (tertiary/aromatic N) is 16. The number of hydrogen-bond acceptors (Lipinski definition) is 8. The third kappa shape index (κ3) is 55.8. The number of aryl methyl sites for hydroxylation is 8. The van der Waals surface area contributed by atoms with Gasteiger partial charge < -0.3 is 79.4 Å². The molecule has 0 saturated carbocycles. The van der Waals surface area contributed by atoms with Crippen LogP contribution in [0.1, 0.15) is 44.5 Å². The topological polar surface area (TPSA) is 215 Å². The van der Waals surface area contributed by atoms with E-state index in [9.17, 15) is 0 Å². The molecule has 0 spiro atoms. The van der Waals surface area contributed by atoms with Crippen LogP contribution in [0.5, 0.6) is 0 Å². The fraction of sp³-hybridized carbons (Fsp3) is 0.444. The Morgan fingerprint density at radius 2 is 0.398 bits per heavy atom. The maximum atomic E-state index is 4.58. The van der Waals surface area contributed by atoms with E-state index in [0.717, 1.165) is 46.2 Å². The molecule has 8 rings (SSSR count). The van der Waals surface area contributed by atoms with Crippen molar-refractivity contribution in [2.45, 2.75) is 213 Å². The van der Waals surface area contributed by atoms with Gasteiger partial charge in [0.25, 0.3) is 0 Å². The molecule has 8 aromatic heterocycles. The van der Waals surface area contributed by atoms with Gasteiger partial charge >= 0.3 is 52.4 Å². The Morgan fingerprint density at radius 3 is 0.520 bits per heavy atom.